The molecule has 8 nitrogen and oxygen atoms in total. The largest absolute Gasteiger partial charge is 0.507 e. The van der Waals surface area contributed by atoms with Gasteiger partial charge in [-0.3, -0.25) is 14.6 Å². The Morgan fingerprint density at radius 3 is 2.50 bits per heavy atom. The third-order valence-corrected chi connectivity index (χ3v) is 5.59. The molecule has 164 valence electrons. The minimum Gasteiger partial charge on any atom is -0.507 e. The lowest BCUT2D eigenvalue weighted by atomic mass is 9.96. The number of carbonyl (C=O) groups excluding carboxylic acids is 2. The molecule has 0 spiro atoms. The molecule has 1 aromatic carbocycles. The quantitative estimate of drug-likeness (QED) is 0.366. The molecule has 4 rings (SSSR count). The molecule has 32 heavy (non-hydrogen) atoms. The molecule has 1 aliphatic heterocycles. The monoisotopic (exact) mass is 431 g/mol. The van der Waals surface area contributed by atoms with Gasteiger partial charge in [0, 0.05) is 25.5 Å². The lowest BCUT2D eigenvalue weighted by molar-refractivity contribution is -0.140. The number of ketones is 1. The number of likely N-dealkylation sites (N-methyl/N-ethyl adjacent to an activating group) is 1. The first-order chi connectivity index (χ1) is 15.4. The average molecular weight is 431 g/mol. The summed E-state index contributed by atoms with van der Waals surface area (Å²) in [4.78, 5) is 33.6. The molecule has 1 atom stereocenters. The van der Waals surface area contributed by atoms with E-state index in [1.54, 1.807) is 29.2 Å². The maximum atomic E-state index is 13.1. The van der Waals surface area contributed by atoms with E-state index in [2.05, 4.69) is 10.1 Å². The summed E-state index contributed by atoms with van der Waals surface area (Å²) in [5.74, 6) is -1.57. The fourth-order valence-electron chi connectivity index (χ4n) is 3.92. The zero-order chi connectivity index (χ0) is 22.8. The zero-order valence-electron chi connectivity index (χ0n) is 18.3. The number of para-hydroxylation sites is 1. The van der Waals surface area contributed by atoms with Gasteiger partial charge in [0.05, 0.1) is 34.8 Å². The van der Waals surface area contributed by atoms with Gasteiger partial charge in [-0.2, -0.15) is 5.10 Å². The summed E-state index contributed by atoms with van der Waals surface area (Å²) in [6, 6.07) is 12.3. The number of likely N-dealkylation sites (tertiary alicyclic amines) is 1. The van der Waals surface area contributed by atoms with Crippen LogP contribution < -0.4 is 0 Å². The molecule has 1 N–H and O–H groups in total. The second-order valence-electron chi connectivity index (χ2n) is 7.97. The standard InChI is InChI=1S/C24H25N5O3/c1-16-19(15-26-29(16)18-9-5-4-6-10-18)22(30)20-21(17-8-7-11-25-14-17)28(13-12-27(2)3)24(32)23(20)31/h4-11,14-15,21,30H,12-13H2,1-3H3/t21-/m1/s1. The number of benzene rings is 1. The summed E-state index contributed by atoms with van der Waals surface area (Å²) in [5, 5.41) is 15.7. The highest BCUT2D eigenvalue weighted by atomic mass is 16.3. The van der Waals surface area contributed by atoms with Crippen LogP contribution >= 0.6 is 0 Å². The molecule has 0 aliphatic carbocycles. The van der Waals surface area contributed by atoms with Crippen LogP contribution in [0.3, 0.4) is 0 Å². The average Bonchev–Trinajstić information content (AvgIpc) is 3.30. The number of amides is 1. The molecule has 3 aromatic rings. The van der Waals surface area contributed by atoms with Gasteiger partial charge < -0.3 is 14.9 Å². The highest BCUT2D eigenvalue weighted by Crippen LogP contribution is 2.39. The Kier molecular flexibility index (Phi) is 5.87. The van der Waals surface area contributed by atoms with Crippen LogP contribution in [0, 0.1) is 6.92 Å². The number of aliphatic hydroxyl groups is 1. The zero-order valence-corrected chi connectivity index (χ0v) is 18.3. The van der Waals surface area contributed by atoms with E-state index in [1.807, 2.05) is 56.3 Å². The van der Waals surface area contributed by atoms with Crippen molar-refractivity contribution in [3.8, 4) is 5.69 Å². The van der Waals surface area contributed by atoms with E-state index < -0.39 is 17.7 Å². The summed E-state index contributed by atoms with van der Waals surface area (Å²) < 4.78 is 1.69. The Bertz CT molecular complexity index is 1170. The van der Waals surface area contributed by atoms with Crippen molar-refractivity contribution in [3.05, 3.63) is 83.4 Å². The molecule has 3 heterocycles. The summed E-state index contributed by atoms with van der Waals surface area (Å²) in [7, 11) is 3.80. The molecular weight excluding hydrogens is 406 g/mol. The number of hydrogen-bond donors (Lipinski definition) is 1. The minimum atomic E-state index is -0.719. The van der Waals surface area contributed by atoms with Crippen molar-refractivity contribution in [2.75, 3.05) is 27.2 Å². The Balaban J connectivity index is 1.83. The number of carbonyl (C=O) groups is 2. The lowest BCUT2D eigenvalue weighted by Crippen LogP contribution is -2.35. The lowest BCUT2D eigenvalue weighted by Gasteiger charge is -2.26. The molecule has 0 saturated carbocycles. The van der Waals surface area contributed by atoms with E-state index in [9.17, 15) is 14.7 Å². The molecule has 0 bridgehead atoms. The van der Waals surface area contributed by atoms with Gasteiger partial charge in [0.1, 0.15) is 5.76 Å². The highest BCUT2D eigenvalue weighted by molar-refractivity contribution is 6.46. The van der Waals surface area contributed by atoms with Crippen LogP contribution in [0.4, 0.5) is 0 Å². The predicted octanol–water partition coefficient (Wildman–Crippen LogP) is 2.56. The van der Waals surface area contributed by atoms with Crippen LogP contribution in [-0.4, -0.2) is 68.5 Å². The molecule has 1 amide bonds. The first-order valence-corrected chi connectivity index (χ1v) is 10.3. The van der Waals surface area contributed by atoms with E-state index in [0.717, 1.165) is 5.69 Å². The van der Waals surface area contributed by atoms with E-state index in [-0.39, 0.29) is 11.3 Å². The molecule has 0 unspecified atom stereocenters. The summed E-state index contributed by atoms with van der Waals surface area (Å²) in [6.45, 7) is 2.74. The van der Waals surface area contributed by atoms with E-state index in [0.29, 0.717) is 29.9 Å². The second-order valence-corrected chi connectivity index (χ2v) is 7.97. The first kappa shape index (κ1) is 21.5. The fourth-order valence-corrected chi connectivity index (χ4v) is 3.92. The van der Waals surface area contributed by atoms with Gasteiger partial charge in [-0.05, 0) is 44.8 Å². The Morgan fingerprint density at radius 1 is 1.09 bits per heavy atom. The van der Waals surface area contributed by atoms with Crippen molar-refractivity contribution >= 4 is 17.4 Å². The van der Waals surface area contributed by atoms with Crippen molar-refractivity contribution in [1.82, 2.24) is 24.6 Å². The third-order valence-electron chi connectivity index (χ3n) is 5.59. The SMILES string of the molecule is Cc1c(C(O)=C2C(=O)C(=O)N(CCN(C)C)[C@@H]2c2cccnc2)cnn1-c1ccccc1. The van der Waals surface area contributed by atoms with Crippen LogP contribution in [0.15, 0.2) is 66.6 Å². The van der Waals surface area contributed by atoms with Crippen molar-refractivity contribution in [2.24, 2.45) is 0 Å². The molecule has 1 saturated heterocycles. The van der Waals surface area contributed by atoms with Gasteiger partial charge in [0.15, 0.2) is 0 Å². The predicted molar refractivity (Wildman–Crippen MR) is 120 cm³/mol. The number of aliphatic hydroxyl groups excluding tert-OH is 1. The van der Waals surface area contributed by atoms with Gasteiger partial charge in [-0.1, -0.05) is 24.3 Å². The van der Waals surface area contributed by atoms with E-state index in [1.165, 1.54) is 11.1 Å². The van der Waals surface area contributed by atoms with Crippen molar-refractivity contribution in [1.29, 1.82) is 0 Å². The normalized spacial score (nSPS) is 18.0. The van der Waals surface area contributed by atoms with E-state index >= 15 is 0 Å². The Hall–Kier alpha value is -3.78. The van der Waals surface area contributed by atoms with Crippen LogP contribution in [-0.2, 0) is 9.59 Å². The number of nitrogens with zero attached hydrogens (tertiary/aromatic N) is 5. The Morgan fingerprint density at radius 2 is 1.84 bits per heavy atom. The summed E-state index contributed by atoms with van der Waals surface area (Å²) in [6.07, 6.45) is 4.77. The van der Waals surface area contributed by atoms with Gasteiger partial charge in [0.2, 0.25) is 0 Å². The van der Waals surface area contributed by atoms with Gasteiger partial charge in [0.25, 0.3) is 11.7 Å². The smallest absolute Gasteiger partial charge is 0.295 e. The molecule has 2 aromatic heterocycles. The van der Waals surface area contributed by atoms with Crippen molar-refractivity contribution in [2.45, 2.75) is 13.0 Å². The van der Waals surface area contributed by atoms with Crippen LogP contribution in [0.25, 0.3) is 11.4 Å². The van der Waals surface area contributed by atoms with Crippen molar-refractivity contribution in [3.63, 3.8) is 0 Å². The number of rotatable bonds is 6. The molecule has 1 fully saturated rings. The number of Topliss-reactive ketones (excluding diaryl/α,β-unsaturated/α-hetero) is 1. The van der Waals surface area contributed by atoms with Gasteiger partial charge in [-0.15, -0.1) is 0 Å². The molecule has 8 heteroatoms. The van der Waals surface area contributed by atoms with Crippen LogP contribution in [0.2, 0.25) is 0 Å². The van der Waals surface area contributed by atoms with E-state index in [4.69, 9.17) is 0 Å². The topological polar surface area (TPSA) is 91.6 Å². The maximum Gasteiger partial charge on any atom is 0.295 e. The summed E-state index contributed by atoms with van der Waals surface area (Å²) >= 11 is 0. The molecular formula is C24H25N5O3. The van der Waals surface area contributed by atoms with Crippen LogP contribution in [0.1, 0.15) is 22.9 Å². The molecule has 0 radical (unpaired) electrons. The first-order valence-electron chi connectivity index (χ1n) is 10.3. The maximum absolute atomic E-state index is 13.1. The Labute approximate surface area is 186 Å². The minimum absolute atomic E-state index is 0.0532. The summed E-state index contributed by atoms with van der Waals surface area (Å²) in [5.41, 5.74) is 2.63. The van der Waals surface area contributed by atoms with Crippen LogP contribution in [0.5, 0.6) is 0 Å². The fraction of sp³-hybridized carbons (Fsp3) is 0.250. The van der Waals surface area contributed by atoms with Crippen molar-refractivity contribution < 1.29 is 14.7 Å². The number of hydrogen-bond acceptors (Lipinski definition) is 6. The number of aromatic nitrogens is 3. The third kappa shape index (κ3) is 3.80. The highest BCUT2D eigenvalue weighted by Gasteiger charge is 2.46. The van der Waals surface area contributed by atoms with Gasteiger partial charge in [-0.25, -0.2) is 4.68 Å². The number of pyridine rings is 1. The second kappa shape index (κ2) is 8.76. The molecule has 1 aliphatic rings. The van der Waals surface area contributed by atoms with Gasteiger partial charge >= 0.3 is 0 Å².